The van der Waals surface area contributed by atoms with Crippen LogP contribution in [0.5, 0.6) is 0 Å². The molecule has 0 saturated heterocycles. The van der Waals surface area contributed by atoms with E-state index in [0.717, 1.165) is 6.07 Å². The normalized spacial score (nSPS) is 12.5. The van der Waals surface area contributed by atoms with Crippen LogP contribution in [-0.2, 0) is 5.54 Å². The molecule has 0 heterocycles. The molecule has 114 valence electrons. The molecule has 0 saturated carbocycles. The number of nitrogens with two attached hydrogens (primary N) is 1. The average Bonchev–Trinajstić information content (AvgIpc) is 2.23. The Morgan fingerprint density at radius 3 is 2.26 bits per heavy atom. The predicted octanol–water partition coefficient (Wildman–Crippen LogP) is 3.40. The number of aliphatic hydroxyl groups is 1. The van der Waals surface area contributed by atoms with E-state index in [-0.39, 0.29) is 49.8 Å². The maximum absolute atomic E-state index is 13.5. The summed E-state index contributed by atoms with van der Waals surface area (Å²) in [5, 5.41) is 8.75. The third-order valence-electron chi connectivity index (χ3n) is 2.33. The molecule has 1 rings (SSSR count). The summed E-state index contributed by atoms with van der Waals surface area (Å²) in [5.74, 6) is -2.29. The first-order chi connectivity index (χ1) is 7.44. The average molecular weight is 385 g/mol. The van der Waals surface area contributed by atoms with Gasteiger partial charge in [-0.15, -0.1) is 12.4 Å². The summed E-state index contributed by atoms with van der Waals surface area (Å²) in [6.07, 6.45) is -0.184. The number of hydrogen-bond acceptors (Lipinski definition) is 2. The van der Waals surface area contributed by atoms with Crippen LogP contribution in [-0.4, -0.2) is 18.4 Å². The summed E-state index contributed by atoms with van der Waals surface area (Å²) in [6, 6.07) is 2.14. The van der Waals surface area contributed by atoms with Crippen molar-refractivity contribution in [2.75, 3.05) is 13.3 Å². The van der Waals surface area contributed by atoms with Crippen molar-refractivity contribution >= 4 is 41.8 Å². The minimum atomic E-state index is -1.70. The lowest BCUT2D eigenvalue weighted by molar-refractivity contribution is 0.205. The van der Waals surface area contributed by atoms with Crippen molar-refractivity contribution in [3.8, 4) is 0 Å². The first-order valence-electron chi connectivity index (χ1n) is 4.55. The molecule has 0 radical (unpaired) electrons. The first kappa shape index (κ1) is 24.1. The molecule has 1 aromatic carbocycles. The summed E-state index contributed by atoms with van der Waals surface area (Å²) in [5.41, 5.74) is 3.62. The van der Waals surface area contributed by atoms with Gasteiger partial charge >= 0.3 is 0 Å². The first-order valence-corrected chi connectivity index (χ1v) is 5.34. The lowest BCUT2D eigenvalue weighted by atomic mass is 9.89. The van der Waals surface area contributed by atoms with E-state index in [4.69, 9.17) is 10.8 Å². The van der Waals surface area contributed by atoms with Gasteiger partial charge in [0.15, 0.2) is 11.6 Å². The maximum atomic E-state index is 13.5. The second-order valence-electron chi connectivity index (χ2n) is 3.51. The highest BCUT2D eigenvalue weighted by Gasteiger charge is 2.31. The number of alkyl halides is 1. The number of halogens is 5. The molecule has 0 fully saturated rings. The van der Waals surface area contributed by atoms with E-state index in [1.807, 2.05) is 0 Å². The summed E-state index contributed by atoms with van der Waals surface area (Å²) in [7, 11) is 0. The fraction of sp³-hybridized carbons (Fsp3) is 0.455. The van der Waals surface area contributed by atoms with Gasteiger partial charge in [-0.05, 0) is 18.6 Å². The molecule has 0 unspecified atom stereocenters. The topological polar surface area (TPSA) is 46.2 Å². The summed E-state index contributed by atoms with van der Waals surface area (Å²) in [4.78, 5) is 0. The van der Waals surface area contributed by atoms with E-state index >= 15 is 0 Å². The quantitative estimate of drug-likeness (QED) is 0.782. The molecule has 1 aromatic rings. The van der Waals surface area contributed by atoms with Gasteiger partial charge in [0.2, 0.25) is 0 Å². The SMILES string of the molecule is C.Cl.N[C@@](CF)(CCO)c1cc(Br)cc(F)c1F.S. The zero-order valence-corrected chi connectivity index (χ0v) is 12.6. The van der Waals surface area contributed by atoms with Gasteiger partial charge < -0.3 is 10.8 Å². The Bertz CT molecular complexity index is 400. The van der Waals surface area contributed by atoms with Gasteiger partial charge in [-0.2, -0.15) is 13.5 Å². The van der Waals surface area contributed by atoms with Gasteiger partial charge in [0.25, 0.3) is 0 Å². The molecule has 8 heteroatoms. The van der Waals surface area contributed by atoms with Crippen molar-refractivity contribution in [1.29, 1.82) is 0 Å². The van der Waals surface area contributed by atoms with Crippen molar-refractivity contribution in [2.24, 2.45) is 5.73 Å². The minimum Gasteiger partial charge on any atom is -0.396 e. The molecule has 3 N–H and O–H groups in total. The van der Waals surface area contributed by atoms with Gasteiger partial charge in [-0.25, -0.2) is 13.2 Å². The molecule has 19 heavy (non-hydrogen) atoms. The van der Waals surface area contributed by atoms with Crippen molar-refractivity contribution in [2.45, 2.75) is 19.4 Å². The van der Waals surface area contributed by atoms with Crippen molar-refractivity contribution in [3.63, 3.8) is 0 Å². The molecule has 0 aliphatic rings. The van der Waals surface area contributed by atoms with Crippen LogP contribution in [0.3, 0.4) is 0 Å². The van der Waals surface area contributed by atoms with E-state index in [1.54, 1.807) is 0 Å². The molecule has 0 bridgehead atoms. The Kier molecular flexibility index (Phi) is 12.5. The summed E-state index contributed by atoms with van der Waals surface area (Å²) < 4.78 is 39.6. The molecule has 0 spiro atoms. The third-order valence-corrected chi connectivity index (χ3v) is 2.78. The van der Waals surface area contributed by atoms with Crippen LogP contribution in [0.15, 0.2) is 16.6 Å². The van der Waals surface area contributed by atoms with Gasteiger partial charge in [-0.1, -0.05) is 23.4 Å². The number of rotatable bonds is 4. The van der Waals surface area contributed by atoms with Gasteiger partial charge in [0.05, 0.1) is 5.54 Å². The molecule has 0 amide bonds. The lowest BCUT2D eigenvalue weighted by Gasteiger charge is -2.26. The van der Waals surface area contributed by atoms with Crippen LogP contribution < -0.4 is 5.73 Å². The molecule has 2 nitrogen and oxygen atoms in total. The zero-order valence-electron chi connectivity index (χ0n) is 9.22. The van der Waals surface area contributed by atoms with Crippen LogP contribution in [0.4, 0.5) is 13.2 Å². The molecule has 0 aliphatic carbocycles. The number of hydrogen-bond donors (Lipinski definition) is 2. The summed E-state index contributed by atoms with van der Waals surface area (Å²) >= 11 is 2.97. The Balaban J connectivity index is -0.000000853. The third kappa shape index (κ3) is 5.51. The van der Waals surface area contributed by atoms with Gasteiger partial charge in [-0.3, -0.25) is 0 Å². The largest absolute Gasteiger partial charge is 0.396 e. The molecule has 1 atom stereocenters. The molecule has 0 aliphatic heterocycles. The fourth-order valence-corrected chi connectivity index (χ4v) is 1.82. The van der Waals surface area contributed by atoms with Crippen molar-refractivity contribution in [1.82, 2.24) is 0 Å². The van der Waals surface area contributed by atoms with Crippen LogP contribution >= 0.6 is 41.8 Å². The van der Waals surface area contributed by atoms with E-state index in [9.17, 15) is 13.2 Å². The Labute approximate surface area is 132 Å². The van der Waals surface area contributed by atoms with E-state index in [1.165, 1.54) is 6.07 Å². The second-order valence-corrected chi connectivity index (χ2v) is 4.43. The maximum Gasteiger partial charge on any atom is 0.164 e. The molecule has 0 aromatic heterocycles. The second kappa shape index (κ2) is 9.88. The zero-order chi connectivity index (χ0) is 12.3. The Morgan fingerprint density at radius 1 is 1.32 bits per heavy atom. The lowest BCUT2D eigenvalue weighted by Crippen LogP contribution is -2.41. The Morgan fingerprint density at radius 2 is 1.84 bits per heavy atom. The van der Waals surface area contributed by atoms with Gasteiger partial charge in [0.1, 0.15) is 6.67 Å². The monoisotopic (exact) mass is 383 g/mol. The van der Waals surface area contributed by atoms with Crippen molar-refractivity contribution < 1.29 is 18.3 Å². The van der Waals surface area contributed by atoms with E-state index in [0.29, 0.717) is 0 Å². The molecular formula is C11H18BrClF3NOS. The minimum absolute atomic E-state index is 0. The van der Waals surface area contributed by atoms with E-state index in [2.05, 4.69) is 15.9 Å². The number of benzene rings is 1. The highest BCUT2D eigenvalue weighted by molar-refractivity contribution is 9.10. The fourth-order valence-electron chi connectivity index (χ4n) is 1.39. The molecular weight excluding hydrogens is 367 g/mol. The summed E-state index contributed by atoms with van der Waals surface area (Å²) in [6.45, 7) is -1.49. The van der Waals surface area contributed by atoms with Crippen molar-refractivity contribution in [3.05, 3.63) is 33.8 Å². The highest BCUT2D eigenvalue weighted by atomic mass is 79.9. The van der Waals surface area contributed by atoms with Crippen LogP contribution in [0.1, 0.15) is 19.4 Å². The van der Waals surface area contributed by atoms with Gasteiger partial charge in [0, 0.05) is 16.6 Å². The Hall–Kier alpha value is 0.0500. The standard InChI is InChI=1S/C10H11BrF3NO.CH4.ClH.H2S/c11-6-3-7(9(14)8(13)4-6)10(15,5-12)1-2-16;;;/h3-4,16H,1-2,5,15H2;1H4;1H;1H2/t10-;;;/m1.../s1. The predicted molar refractivity (Wildman–Crippen MR) is 82.0 cm³/mol. The van der Waals surface area contributed by atoms with E-state index < -0.39 is 30.5 Å². The smallest absolute Gasteiger partial charge is 0.164 e. The van der Waals surface area contributed by atoms with Crippen LogP contribution in [0.2, 0.25) is 0 Å². The van der Waals surface area contributed by atoms with Crippen LogP contribution in [0, 0.1) is 11.6 Å². The highest BCUT2D eigenvalue weighted by Crippen LogP contribution is 2.29. The van der Waals surface area contributed by atoms with Crippen LogP contribution in [0.25, 0.3) is 0 Å². The number of aliphatic hydroxyl groups excluding tert-OH is 1.